The quantitative estimate of drug-likeness (QED) is 0.892. The number of likely N-dealkylation sites (tertiary alicyclic amines) is 1. The molecule has 2 N–H and O–H groups in total. The Bertz CT molecular complexity index is 714. The van der Waals surface area contributed by atoms with Crippen LogP contribution in [0.1, 0.15) is 50.5 Å². The molecular formula is C19H28N2O3S. The molecule has 1 saturated heterocycles. The average molecular weight is 365 g/mol. The largest absolute Gasteiger partial charge is 0.342 e. The Hall–Kier alpha value is -1.40. The fraction of sp³-hybridized carbons (Fsp3) is 0.632. The molecule has 0 aromatic heterocycles. The molecule has 0 unspecified atom stereocenters. The van der Waals surface area contributed by atoms with Crippen molar-refractivity contribution in [2.45, 2.75) is 61.3 Å². The number of carbonyl (C=O) groups excluding carboxylic acids is 1. The number of nitrogens with two attached hydrogens (primary N) is 1. The lowest BCUT2D eigenvalue weighted by molar-refractivity contribution is -0.140. The van der Waals surface area contributed by atoms with Gasteiger partial charge in [0.2, 0.25) is 5.91 Å². The molecule has 2 fully saturated rings. The molecular weight excluding hydrogens is 336 g/mol. The average Bonchev–Trinajstić information content (AvgIpc) is 2.62. The molecule has 5 nitrogen and oxygen atoms in total. The van der Waals surface area contributed by atoms with Crippen LogP contribution in [-0.2, 0) is 20.0 Å². The van der Waals surface area contributed by atoms with Gasteiger partial charge in [-0.15, -0.1) is 0 Å². The lowest BCUT2D eigenvalue weighted by Crippen LogP contribution is -2.52. The lowest BCUT2D eigenvalue weighted by Gasteiger charge is -2.42. The van der Waals surface area contributed by atoms with Gasteiger partial charge in [-0.2, -0.15) is 0 Å². The van der Waals surface area contributed by atoms with E-state index in [2.05, 4.69) is 0 Å². The van der Waals surface area contributed by atoms with Crippen LogP contribution < -0.4 is 5.73 Å². The second-order valence-electron chi connectivity index (χ2n) is 7.57. The van der Waals surface area contributed by atoms with E-state index in [4.69, 9.17) is 5.73 Å². The number of benzene rings is 1. The summed E-state index contributed by atoms with van der Waals surface area (Å²) in [6.45, 7) is 1.45. The molecule has 0 spiro atoms. The number of amides is 1. The van der Waals surface area contributed by atoms with E-state index in [1.54, 1.807) is 12.1 Å². The van der Waals surface area contributed by atoms with Crippen LogP contribution in [0.5, 0.6) is 0 Å². The number of hydrogen-bond acceptors (Lipinski definition) is 4. The van der Waals surface area contributed by atoms with Crippen molar-refractivity contribution in [3.05, 3.63) is 29.8 Å². The van der Waals surface area contributed by atoms with Crippen LogP contribution in [0.25, 0.3) is 0 Å². The van der Waals surface area contributed by atoms with Gasteiger partial charge in [-0.25, -0.2) is 8.42 Å². The Balaban J connectivity index is 1.92. The van der Waals surface area contributed by atoms with Crippen LogP contribution in [0.4, 0.5) is 0 Å². The Labute approximate surface area is 150 Å². The Morgan fingerprint density at radius 3 is 2.16 bits per heavy atom. The monoisotopic (exact) mass is 364 g/mol. The van der Waals surface area contributed by atoms with Crippen molar-refractivity contribution in [3.8, 4) is 0 Å². The van der Waals surface area contributed by atoms with Crippen molar-refractivity contribution in [1.29, 1.82) is 0 Å². The zero-order chi connectivity index (χ0) is 18.1. The second-order valence-corrected chi connectivity index (χ2v) is 9.58. The molecule has 1 aromatic carbocycles. The van der Waals surface area contributed by atoms with Gasteiger partial charge in [0.1, 0.15) is 0 Å². The summed E-state index contributed by atoms with van der Waals surface area (Å²) < 4.78 is 23.5. The second kappa shape index (κ2) is 7.08. The third-order valence-corrected chi connectivity index (χ3v) is 6.91. The van der Waals surface area contributed by atoms with Gasteiger partial charge in [-0.05, 0) is 43.4 Å². The summed E-state index contributed by atoms with van der Waals surface area (Å²) in [5.41, 5.74) is 6.44. The summed E-state index contributed by atoms with van der Waals surface area (Å²) in [6.07, 6.45) is 7.82. The Morgan fingerprint density at radius 1 is 1.08 bits per heavy atom. The number of piperidine rings is 1. The summed E-state index contributed by atoms with van der Waals surface area (Å²) in [4.78, 5) is 15.7. The fourth-order valence-electron chi connectivity index (χ4n) is 4.21. The van der Waals surface area contributed by atoms with Crippen LogP contribution in [0.15, 0.2) is 29.2 Å². The molecule has 0 atom stereocenters. The summed E-state index contributed by atoms with van der Waals surface area (Å²) in [5, 5.41) is 0. The van der Waals surface area contributed by atoms with Crippen LogP contribution in [0.3, 0.4) is 0 Å². The molecule has 1 saturated carbocycles. The molecule has 1 aromatic rings. The molecule has 138 valence electrons. The third kappa shape index (κ3) is 3.75. The molecule has 3 rings (SSSR count). The topological polar surface area (TPSA) is 80.5 Å². The summed E-state index contributed by atoms with van der Waals surface area (Å²) in [6, 6.07) is 7.16. The van der Waals surface area contributed by atoms with E-state index in [0.717, 1.165) is 63.6 Å². The molecule has 0 bridgehead atoms. The van der Waals surface area contributed by atoms with Gasteiger partial charge < -0.3 is 10.6 Å². The van der Waals surface area contributed by atoms with Crippen LogP contribution in [0, 0.1) is 0 Å². The van der Waals surface area contributed by atoms with Crippen molar-refractivity contribution in [3.63, 3.8) is 0 Å². The Morgan fingerprint density at radius 2 is 1.64 bits per heavy atom. The molecule has 1 amide bonds. The van der Waals surface area contributed by atoms with Crippen LogP contribution in [-0.4, -0.2) is 44.6 Å². The van der Waals surface area contributed by atoms with E-state index in [0.29, 0.717) is 4.90 Å². The summed E-state index contributed by atoms with van der Waals surface area (Å²) in [5.74, 6) is 0.200. The maximum Gasteiger partial charge on any atom is 0.233 e. The first-order chi connectivity index (χ1) is 11.8. The standard InChI is InChI=1S/C19H28N2O3S/c1-25(23,24)17-7-5-15(6-8-17)19(11-3-2-4-12-19)18(22)21-13-9-16(20)10-14-21/h5-8,16H,2-4,9-14,20H2,1H3. The van der Waals surface area contributed by atoms with E-state index in [1.807, 2.05) is 17.0 Å². The van der Waals surface area contributed by atoms with Gasteiger partial charge in [0.05, 0.1) is 10.3 Å². The highest BCUT2D eigenvalue weighted by atomic mass is 32.2. The zero-order valence-corrected chi connectivity index (χ0v) is 15.7. The van der Waals surface area contributed by atoms with Gasteiger partial charge in [0.15, 0.2) is 9.84 Å². The highest BCUT2D eigenvalue weighted by molar-refractivity contribution is 7.90. The smallest absolute Gasteiger partial charge is 0.233 e. The van der Waals surface area contributed by atoms with Crippen molar-refractivity contribution in [1.82, 2.24) is 4.90 Å². The molecule has 25 heavy (non-hydrogen) atoms. The van der Waals surface area contributed by atoms with Crippen molar-refractivity contribution >= 4 is 15.7 Å². The van der Waals surface area contributed by atoms with Crippen LogP contribution in [0.2, 0.25) is 0 Å². The van der Waals surface area contributed by atoms with Gasteiger partial charge >= 0.3 is 0 Å². The highest BCUT2D eigenvalue weighted by Gasteiger charge is 2.44. The summed E-state index contributed by atoms with van der Waals surface area (Å²) >= 11 is 0. The first-order valence-electron chi connectivity index (χ1n) is 9.18. The van der Waals surface area contributed by atoms with Gasteiger partial charge in [0.25, 0.3) is 0 Å². The molecule has 1 aliphatic carbocycles. The number of carbonyl (C=O) groups is 1. The van der Waals surface area contributed by atoms with Crippen molar-refractivity contribution in [2.75, 3.05) is 19.3 Å². The van der Waals surface area contributed by atoms with E-state index in [1.165, 1.54) is 6.26 Å². The van der Waals surface area contributed by atoms with Gasteiger partial charge in [0, 0.05) is 25.4 Å². The zero-order valence-electron chi connectivity index (χ0n) is 14.9. The number of nitrogens with zero attached hydrogens (tertiary/aromatic N) is 1. The minimum Gasteiger partial charge on any atom is -0.342 e. The molecule has 0 radical (unpaired) electrons. The number of sulfone groups is 1. The van der Waals surface area contributed by atoms with Crippen LogP contribution >= 0.6 is 0 Å². The molecule has 2 aliphatic rings. The van der Waals surface area contributed by atoms with Crippen molar-refractivity contribution in [2.24, 2.45) is 5.73 Å². The number of rotatable bonds is 3. The van der Waals surface area contributed by atoms with E-state index in [-0.39, 0.29) is 11.9 Å². The van der Waals surface area contributed by atoms with E-state index >= 15 is 0 Å². The van der Waals surface area contributed by atoms with Gasteiger partial charge in [-0.3, -0.25) is 4.79 Å². The van der Waals surface area contributed by atoms with Gasteiger partial charge in [-0.1, -0.05) is 31.4 Å². The minimum atomic E-state index is -3.23. The lowest BCUT2D eigenvalue weighted by atomic mass is 9.68. The first-order valence-corrected chi connectivity index (χ1v) is 11.1. The predicted molar refractivity (Wildman–Crippen MR) is 98.1 cm³/mol. The maximum atomic E-state index is 13.4. The summed E-state index contributed by atoms with van der Waals surface area (Å²) in [7, 11) is -3.23. The Kier molecular flexibility index (Phi) is 5.21. The normalized spacial score (nSPS) is 21.9. The minimum absolute atomic E-state index is 0.195. The highest BCUT2D eigenvalue weighted by Crippen LogP contribution is 2.41. The molecule has 6 heteroatoms. The number of hydrogen-bond donors (Lipinski definition) is 1. The van der Waals surface area contributed by atoms with E-state index in [9.17, 15) is 13.2 Å². The SMILES string of the molecule is CS(=O)(=O)c1ccc(C2(C(=O)N3CCC(N)CC3)CCCCC2)cc1. The molecule has 1 heterocycles. The van der Waals surface area contributed by atoms with Crippen molar-refractivity contribution < 1.29 is 13.2 Å². The predicted octanol–water partition coefficient (Wildman–Crippen LogP) is 2.24. The first kappa shape index (κ1) is 18.4. The van der Waals surface area contributed by atoms with E-state index < -0.39 is 15.3 Å². The third-order valence-electron chi connectivity index (χ3n) is 5.78. The maximum absolute atomic E-state index is 13.4. The fourth-order valence-corrected chi connectivity index (χ4v) is 4.84. The molecule has 1 aliphatic heterocycles.